The van der Waals surface area contributed by atoms with Crippen molar-refractivity contribution in [3.63, 3.8) is 0 Å². The molecule has 0 aromatic carbocycles. The van der Waals surface area contributed by atoms with E-state index < -0.39 is 0 Å². The van der Waals surface area contributed by atoms with E-state index in [2.05, 4.69) is 14.3 Å². The first-order chi connectivity index (χ1) is 8.26. The Morgan fingerprint density at radius 2 is 2.35 bits per heavy atom. The van der Waals surface area contributed by atoms with Crippen molar-refractivity contribution in [2.75, 3.05) is 25.2 Å². The first-order valence-electron chi connectivity index (χ1n) is 6.00. The molecule has 0 radical (unpaired) electrons. The Balaban J connectivity index is 2.09. The summed E-state index contributed by atoms with van der Waals surface area (Å²) < 4.78 is 9.52. The van der Waals surface area contributed by atoms with Crippen LogP contribution in [0.3, 0.4) is 0 Å². The van der Waals surface area contributed by atoms with E-state index >= 15 is 0 Å². The van der Waals surface area contributed by atoms with Gasteiger partial charge in [-0.2, -0.15) is 4.37 Å². The van der Waals surface area contributed by atoms with E-state index in [1.807, 2.05) is 6.92 Å². The van der Waals surface area contributed by atoms with Crippen molar-refractivity contribution in [3.8, 4) is 0 Å². The number of hydrogen-bond donors (Lipinski definition) is 1. The SMILES string of the molecule is COC(C)c1nsc(N(CCO)C2CCC2)n1. The second kappa shape index (κ2) is 5.75. The van der Waals surface area contributed by atoms with Crippen LogP contribution in [0.1, 0.15) is 38.1 Å². The van der Waals surface area contributed by atoms with Crippen molar-refractivity contribution < 1.29 is 9.84 Å². The summed E-state index contributed by atoms with van der Waals surface area (Å²) >= 11 is 1.39. The first kappa shape index (κ1) is 12.7. The molecule has 5 nitrogen and oxygen atoms in total. The molecular weight excluding hydrogens is 238 g/mol. The summed E-state index contributed by atoms with van der Waals surface area (Å²) in [4.78, 5) is 6.67. The van der Waals surface area contributed by atoms with E-state index in [-0.39, 0.29) is 12.7 Å². The van der Waals surface area contributed by atoms with Gasteiger partial charge in [0.05, 0.1) is 6.61 Å². The van der Waals surface area contributed by atoms with Crippen LogP contribution in [0.25, 0.3) is 0 Å². The summed E-state index contributed by atoms with van der Waals surface area (Å²) in [6, 6.07) is 0.529. The van der Waals surface area contributed by atoms with Gasteiger partial charge in [0.15, 0.2) is 5.82 Å². The second-order valence-corrected chi connectivity index (χ2v) is 5.05. The molecule has 1 unspecified atom stereocenters. The van der Waals surface area contributed by atoms with Crippen LogP contribution >= 0.6 is 11.5 Å². The van der Waals surface area contributed by atoms with Gasteiger partial charge in [0.2, 0.25) is 5.13 Å². The van der Waals surface area contributed by atoms with Crippen molar-refractivity contribution in [1.82, 2.24) is 9.36 Å². The van der Waals surface area contributed by atoms with E-state index in [0.717, 1.165) is 11.0 Å². The van der Waals surface area contributed by atoms with E-state index in [1.165, 1.54) is 30.8 Å². The number of nitrogens with zero attached hydrogens (tertiary/aromatic N) is 3. The van der Waals surface area contributed by atoms with Gasteiger partial charge in [0.25, 0.3) is 0 Å². The van der Waals surface area contributed by atoms with Crippen molar-refractivity contribution in [3.05, 3.63) is 5.82 Å². The maximum Gasteiger partial charge on any atom is 0.205 e. The fourth-order valence-electron chi connectivity index (χ4n) is 1.85. The molecule has 1 aromatic heterocycles. The number of aromatic nitrogens is 2. The fraction of sp³-hybridized carbons (Fsp3) is 0.818. The van der Waals surface area contributed by atoms with Gasteiger partial charge in [-0.15, -0.1) is 0 Å². The Morgan fingerprint density at radius 3 is 2.88 bits per heavy atom. The molecule has 1 aliphatic rings. The van der Waals surface area contributed by atoms with Gasteiger partial charge in [0, 0.05) is 31.2 Å². The Kier molecular flexibility index (Phi) is 4.31. The molecule has 0 amide bonds. The maximum atomic E-state index is 9.12. The number of methoxy groups -OCH3 is 1. The normalized spacial score (nSPS) is 17.8. The summed E-state index contributed by atoms with van der Waals surface area (Å²) in [6.07, 6.45) is 3.58. The van der Waals surface area contributed by atoms with Gasteiger partial charge >= 0.3 is 0 Å². The van der Waals surface area contributed by atoms with Crippen LogP contribution < -0.4 is 4.90 Å². The van der Waals surface area contributed by atoms with Crippen LogP contribution in [0.2, 0.25) is 0 Å². The second-order valence-electron chi connectivity index (χ2n) is 4.31. The molecule has 1 aromatic rings. The van der Waals surface area contributed by atoms with E-state index in [0.29, 0.717) is 12.6 Å². The quantitative estimate of drug-likeness (QED) is 0.838. The third-order valence-electron chi connectivity index (χ3n) is 3.25. The van der Waals surface area contributed by atoms with Crippen molar-refractivity contribution in [2.24, 2.45) is 0 Å². The average Bonchev–Trinajstić information content (AvgIpc) is 2.74. The number of hydrogen-bond acceptors (Lipinski definition) is 6. The first-order valence-corrected chi connectivity index (χ1v) is 6.77. The van der Waals surface area contributed by atoms with Gasteiger partial charge < -0.3 is 14.7 Å². The van der Waals surface area contributed by atoms with Crippen LogP contribution in [-0.4, -0.2) is 40.8 Å². The number of anilines is 1. The average molecular weight is 257 g/mol. The standard InChI is InChI=1S/C11H19N3O2S/c1-8(16-2)10-12-11(17-13-10)14(6-7-15)9-4-3-5-9/h8-9,15H,3-7H2,1-2H3. The molecule has 96 valence electrons. The Hall–Kier alpha value is -0.720. The van der Waals surface area contributed by atoms with Gasteiger partial charge in [-0.25, -0.2) is 4.98 Å². The molecule has 1 fully saturated rings. The number of ether oxygens (including phenoxy) is 1. The molecule has 6 heteroatoms. The molecule has 0 spiro atoms. The largest absolute Gasteiger partial charge is 0.395 e. The highest BCUT2D eigenvalue weighted by Crippen LogP contribution is 2.31. The highest BCUT2D eigenvalue weighted by atomic mass is 32.1. The van der Waals surface area contributed by atoms with Gasteiger partial charge in [-0.05, 0) is 26.2 Å². The lowest BCUT2D eigenvalue weighted by molar-refractivity contribution is 0.113. The van der Waals surface area contributed by atoms with E-state index in [9.17, 15) is 0 Å². The molecule has 1 N–H and O–H groups in total. The van der Waals surface area contributed by atoms with Crippen LogP contribution in [0.5, 0.6) is 0 Å². The van der Waals surface area contributed by atoms with Crippen LogP contribution in [0.15, 0.2) is 0 Å². The van der Waals surface area contributed by atoms with Crippen molar-refractivity contribution in [1.29, 1.82) is 0 Å². The molecule has 1 heterocycles. The molecule has 0 saturated heterocycles. The lowest BCUT2D eigenvalue weighted by Gasteiger charge is -2.36. The topological polar surface area (TPSA) is 58.5 Å². The molecule has 2 rings (SSSR count). The van der Waals surface area contributed by atoms with Crippen LogP contribution in [0.4, 0.5) is 5.13 Å². The third-order valence-corrected chi connectivity index (χ3v) is 4.02. The fourth-order valence-corrected chi connectivity index (χ4v) is 2.70. The molecular formula is C11H19N3O2S. The number of aliphatic hydroxyl groups excluding tert-OH is 1. The van der Waals surface area contributed by atoms with Crippen molar-refractivity contribution >= 4 is 16.7 Å². The Labute approximate surface area is 106 Å². The lowest BCUT2D eigenvalue weighted by Crippen LogP contribution is -2.41. The zero-order chi connectivity index (χ0) is 12.3. The molecule has 1 saturated carbocycles. The monoisotopic (exact) mass is 257 g/mol. The van der Waals surface area contributed by atoms with Crippen LogP contribution in [-0.2, 0) is 4.74 Å². The minimum absolute atomic E-state index is 0.0719. The highest BCUT2D eigenvalue weighted by molar-refractivity contribution is 7.09. The Bertz CT molecular complexity index is 354. The summed E-state index contributed by atoms with van der Waals surface area (Å²) in [5.41, 5.74) is 0. The summed E-state index contributed by atoms with van der Waals surface area (Å²) in [6.45, 7) is 2.73. The number of rotatable bonds is 6. The van der Waals surface area contributed by atoms with Gasteiger partial charge in [0.1, 0.15) is 6.10 Å². The van der Waals surface area contributed by atoms with E-state index in [1.54, 1.807) is 7.11 Å². The molecule has 1 atom stereocenters. The third kappa shape index (κ3) is 2.75. The number of aliphatic hydroxyl groups is 1. The van der Waals surface area contributed by atoms with Gasteiger partial charge in [-0.3, -0.25) is 0 Å². The maximum absolute atomic E-state index is 9.12. The predicted molar refractivity (Wildman–Crippen MR) is 67.4 cm³/mol. The smallest absolute Gasteiger partial charge is 0.205 e. The molecule has 1 aliphatic carbocycles. The van der Waals surface area contributed by atoms with Crippen LogP contribution in [0, 0.1) is 0 Å². The molecule has 0 aliphatic heterocycles. The van der Waals surface area contributed by atoms with Gasteiger partial charge in [-0.1, -0.05) is 0 Å². The zero-order valence-electron chi connectivity index (χ0n) is 10.3. The summed E-state index contributed by atoms with van der Waals surface area (Å²) in [5, 5.41) is 10.0. The zero-order valence-corrected chi connectivity index (χ0v) is 11.1. The van der Waals surface area contributed by atoms with E-state index in [4.69, 9.17) is 9.84 Å². The highest BCUT2D eigenvalue weighted by Gasteiger charge is 2.27. The predicted octanol–water partition coefficient (Wildman–Crippen LogP) is 1.60. The van der Waals surface area contributed by atoms with Crippen molar-refractivity contribution in [2.45, 2.75) is 38.3 Å². The lowest BCUT2D eigenvalue weighted by atomic mass is 9.92. The molecule has 17 heavy (non-hydrogen) atoms. The minimum atomic E-state index is -0.0719. The summed E-state index contributed by atoms with van der Waals surface area (Å²) in [5.74, 6) is 0.731. The summed E-state index contributed by atoms with van der Waals surface area (Å²) in [7, 11) is 1.66. The minimum Gasteiger partial charge on any atom is -0.395 e. The Morgan fingerprint density at radius 1 is 1.59 bits per heavy atom. The molecule has 0 bridgehead atoms.